The Morgan fingerprint density at radius 1 is 1.13 bits per heavy atom. The van der Waals surface area contributed by atoms with Gasteiger partial charge in [0.1, 0.15) is 6.04 Å². The van der Waals surface area contributed by atoms with Crippen molar-refractivity contribution in [2.75, 3.05) is 6.54 Å². The van der Waals surface area contributed by atoms with Crippen molar-refractivity contribution in [1.82, 2.24) is 5.32 Å². The zero-order valence-electron chi connectivity index (χ0n) is 13.0. The topological polar surface area (TPSA) is 55.1 Å². The van der Waals surface area contributed by atoms with Gasteiger partial charge in [-0.15, -0.1) is 0 Å². The van der Waals surface area contributed by atoms with Gasteiger partial charge in [0.05, 0.1) is 0 Å². The first-order chi connectivity index (χ1) is 11.1. The molecule has 1 atom stereocenters. The number of primary amides is 1. The molecule has 4 heteroatoms. The number of hydrogen-bond donors (Lipinski definition) is 2. The lowest BCUT2D eigenvalue weighted by Crippen LogP contribution is -2.33. The second-order valence-electron chi connectivity index (χ2n) is 6.05. The van der Waals surface area contributed by atoms with E-state index in [4.69, 9.17) is 17.3 Å². The van der Waals surface area contributed by atoms with Gasteiger partial charge in [-0.2, -0.15) is 0 Å². The molecule has 1 aliphatic heterocycles. The maximum absolute atomic E-state index is 11.7. The minimum Gasteiger partial charge on any atom is -0.368 e. The third-order valence-corrected chi connectivity index (χ3v) is 4.64. The van der Waals surface area contributed by atoms with Crippen molar-refractivity contribution in [3.8, 4) is 0 Å². The lowest BCUT2D eigenvalue weighted by Gasteiger charge is -2.16. The number of hydrogen-bond acceptors (Lipinski definition) is 2. The number of carbonyl (C=O) groups is 1. The van der Waals surface area contributed by atoms with Crippen molar-refractivity contribution in [2.24, 2.45) is 5.73 Å². The Bertz CT molecular complexity index is 697. The van der Waals surface area contributed by atoms with Gasteiger partial charge in [-0.1, -0.05) is 41.9 Å². The Hall–Kier alpha value is -1.84. The Kier molecular flexibility index (Phi) is 4.99. The highest BCUT2D eigenvalue weighted by molar-refractivity contribution is 6.30. The highest BCUT2D eigenvalue weighted by Gasteiger charge is 2.22. The number of benzene rings is 2. The summed E-state index contributed by atoms with van der Waals surface area (Å²) in [6, 6.07) is 14.0. The molecule has 0 radical (unpaired) electrons. The van der Waals surface area contributed by atoms with Gasteiger partial charge in [0.25, 0.3) is 0 Å². The van der Waals surface area contributed by atoms with E-state index < -0.39 is 0 Å². The van der Waals surface area contributed by atoms with Gasteiger partial charge in [-0.25, -0.2) is 0 Å². The number of nitrogens with one attached hydrogen (secondary N) is 1. The fourth-order valence-electron chi connectivity index (χ4n) is 3.13. The summed E-state index contributed by atoms with van der Waals surface area (Å²) in [4.78, 5) is 11.7. The van der Waals surface area contributed by atoms with Gasteiger partial charge in [-0.3, -0.25) is 4.79 Å². The molecule has 1 heterocycles. The standard InChI is InChI=1S/C19H21ClN2O/c20-16-9-6-13(7-10-16)3-4-14-5-8-15-2-1-11-22-18(19(21)23)17(15)12-14/h5-10,12,18,22H,1-4,11H2,(H2,21,23). The summed E-state index contributed by atoms with van der Waals surface area (Å²) in [5, 5.41) is 4.01. The predicted octanol–water partition coefficient (Wildman–Crippen LogP) is 3.19. The molecule has 120 valence electrons. The van der Waals surface area contributed by atoms with Crippen LogP contribution in [-0.2, 0) is 24.1 Å². The van der Waals surface area contributed by atoms with Crippen molar-refractivity contribution in [3.05, 3.63) is 69.7 Å². The molecule has 0 bridgehead atoms. The molecule has 0 saturated carbocycles. The molecule has 0 aromatic heterocycles. The zero-order chi connectivity index (χ0) is 16.2. The summed E-state index contributed by atoms with van der Waals surface area (Å²) in [6.07, 6.45) is 3.90. The molecule has 2 aromatic rings. The first-order valence-corrected chi connectivity index (χ1v) is 8.40. The highest BCUT2D eigenvalue weighted by Crippen LogP contribution is 2.24. The molecule has 3 nitrogen and oxygen atoms in total. The Balaban J connectivity index is 1.78. The van der Waals surface area contributed by atoms with Crippen molar-refractivity contribution < 1.29 is 4.79 Å². The normalized spacial score (nSPS) is 17.3. The van der Waals surface area contributed by atoms with Gasteiger partial charge in [0, 0.05) is 5.02 Å². The largest absolute Gasteiger partial charge is 0.368 e. The molecule has 2 aromatic carbocycles. The number of halogens is 1. The number of rotatable bonds is 4. The molecule has 0 saturated heterocycles. The summed E-state index contributed by atoms with van der Waals surface area (Å²) in [5.74, 6) is -0.303. The van der Waals surface area contributed by atoms with E-state index in [0.29, 0.717) is 0 Å². The molecule has 0 spiro atoms. The first-order valence-electron chi connectivity index (χ1n) is 8.02. The molecular formula is C19H21ClN2O. The smallest absolute Gasteiger partial charge is 0.239 e. The van der Waals surface area contributed by atoms with Crippen LogP contribution >= 0.6 is 11.6 Å². The van der Waals surface area contributed by atoms with Crippen LogP contribution in [0.5, 0.6) is 0 Å². The van der Waals surface area contributed by atoms with Crippen LogP contribution in [0.4, 0.5) is 0 Å². The van der Waals surface area contributed by atoms with Crippen LogP contribution in [0.2, 0.25) is 5.02 Å². The minimum absolute atomic E-state index is 0.303. The lowest BCUT2D eigenvalue weighted by atomic mass is 9.94. The summed E-state index contributed by atoms with van der Waals surface area (Å²) in [7, 11) is 0. The van der Waals surface area contributed by atoms with Gasteiger partial charge in [0.2, 0.25) is 5.91 Å². The maximum atomic E-state index is 11.7. The number of fused-ring (bicyclic) bond motifs is 1. The average molecular weight is 329 g/mol. The molecule has 0 aliphatic carbocycles. The van der Waals surface area contributed by atoms with E-state index in [2.05, 4.69) is 35.6 Å². The van der Waals surface area contributed by atoms with Gasteiger partial charge in [-0.05, 0) is 66.6 Å². The average Bonchev–Trinajstić information content (AvgIpc) is 2.76. The fraction of sp³-hybridized carbons (Fsp3) is 0.316. The maximum Gasteiger partial charge on any atom is 0.239 e. The third kappa shape index (κ3) is 3.92. The van der Waals surface area contributed by atoms with Crippen LogP contribution in [0.1, 0.15) is 34.7 Å². The van der Waals surface area contributed by atoms with E-state index in [0.717, 1.165) is 42.8 Å². The van der Waals surface area contributed by atoms with Crippen molar-refractivity contribution in [1.29, 1.82) is 0 Å². The molecule has 0 fully saturated rings. The first kappa shape index (κ1) is 16.0. The number of carbonyl (C=O) groups excluding carboxylic acids is 1. The van der Waals surface area contributed by atoms with Gasteiger partial charge in [0.15, 0.2) is 0 Å². The van der Waals surface area contributed by atoms with E-state index in [1.165, 1.54) is 16.7 Å². The van der Waals surface area contributed by atoms with Crippen LogP contribution < -0.4 is 11.1 Å². The molecule has 1 aliphatic rings. The van der Waals surface area contributed by atoms with E-state index in [1.54, 1.807) is 0 Å². The SMILES string of the molecule is NC(=O)C1NCCCc2ccc(CCc3ccc(Cl)cc3)cc21. The van der Waals surface area contributed by atoms with Crippen molar-refractivity contribution >= 4 is 17.5 Å². The fourth-order valence-corrected chi connectivity index (χ4v) is 3.25. The molecule has 1 unspecified atom stereocenters. The summed E-state index contributed by atoms with van der Waals surface area (Å²) < 4.78 is 0. The van der Waals surface area contributed by atoms with Crippen LogP contribution in [0.25, 0.3) is 0 Å². The van der Waals surface area contributed by atoms with Crippen LogP contribution in [-0.4, -0.2) is 12.5 Å². The van der Waals surface area contributed by atoms with E-state index in [1.807, 2.05) is 12.1 Å². The van der Waals surface area contributed by atoms with Crippen molar-refractivity contribution in [3.63, 3.8) is 0 Å². The number of amides is 1. The number of nitrogens with two attached hydrogens (primary N) is 1. The van der Waals surface area contributed by atoms with Crippen LogP contribution in [0, 0.1) is 0 Å². The van der Waals surface area contributed by atoms with Crippen LogP contribution in [0.15, 0.2) is 42.5 Å². The van der Waals surface area contributed by atoms with E-state index >= 15 is 0 Å². The monoisotopic (exact) mass is 328 g/mol. The summed E-state index contributed by atoms with van der Waals surface area (Å²) >= 11 is 5.92. The quantitative estimate of drug-likeness (QED) is 0.905. The lowest BCUT2D eigenvalue weighted by molar-refractivity contribution is -0.120. The predicted molar refractivity (Wildman–Crippen MR) is 93.6 cm³/mol. The Labute approximate surface area is 141 Å². The molecular weight excluding hydrogens is 308 g/mol. The highest BCUT2D eigenvalue weighted by atomic mass is 35.5. The zero-order valence-corrected chi connectivity index (χ0v) is 13.8. The van der Waals surface area contributed by atoms with E-state index in [-0.39, 0.29) is 11.9 Å². The van der Waals surface area contributed by atoms with Crippen molar-refractivity contribution in [2.45, 2.75) is 31.7 Å². The van der Waals surface area contributed by atoms with Gasteiger partial charge >= 0.3 is 0 Å². The second kappa shape index (κ2) is 7.16. The third-order valence-electron chi connectivity index (χ3n) is 4.39. The van der Waals surface area contributed by atoms with Crippen LogP contribution in [0.3, 0.4) is 0 Å². The molecule has 23 heavy (non-hydrogen) atoms. The molecule has 3 rings (SSSR count). The Morgan fingerprint density at radius 2 is 1.83 bits per heavy atom. The molecule has 1 amide bonds. The van der Waals surface area contributed by atoms with E-state index in [9.17, 15) is 4.79 Å². The Morgan fingerprint density at radius 3 is 2.57 bits per heavy atom. The van der Waals surface area contributed by atoms with Gasteiger partial charge < -0.3 is 11.1 Å². The number of aryl methyl sites for hydroxylation is 3. The summed E-state index contributed by atoms with van der Waals surface area (Å²) in [6.45, 7) is 0.822. The molecule has 3 N–H and O–H groups in total. The second-order valence-corrected chi connectivity index (χ2v) is 6.49. The minimum atomic E-state index is -0.372. The summed E-state index contributed by atoms with van der Waals surface area (Å²) in [5.41, 5.74) is 10.3.